The van der Waals surface area contributed by atoms with Crippen LogP contribution in [0.25, 0.3) is 0 Å². The molecule has 0 saturated carbocycles. The Morgan fingerprint density at radius 3 is 2.50 bits per heavy atom. The number of hydrogen-bond acceptors (Lipinski definition) is 1. The Balaban J connectivity index is 3.07. The summed E-state index contributed by atoms with van der Waals surface area (Å²) >= 11 is 0. The van der Waals surface area contributed by atoms with Crippen LogP contribution in [0.2, 0.25) is 0 Å². The van der Waals surface area contributed by atoms with Crippen molar-refractivity contribution >= 4 is 0 Å². The monoisotopic (exact) mass is 93.1 g/mol. The third-order valence-electron chi connectivity index (χ3n) is 0.479. The van der Waals surface area contributed by atoms with E-state index < -0.39 is 32.2 Å². The number of piperidine rings is 1. The summed E-state index contributed by atoms with van der Waals surface area (Å²) in [7, 11) is 0. The van der Waals surface area contributed by atoms with Crippen LogP contribution in [0, 0.1) is 0 Å². The molecule has 1 nitrogen and oxygen atoms in total. The minimum Gasteiger partial charge on any atom is -0.317 e. The molecule has 1 saturated heterocycles. The number of rotatable bonds is 0. The first-order valence-electron chi connectivity index (χ1n) is 5.71. The highest BCUT2D eigenvalue weighted by Gasteiger charge is 1.93. The highest BCUT2D eigenvalue weighted by Crippen LogP contribution is 1.96. The second-order valence-corrected chi connectivity index (χ2v) is 0.905. The van der Waals surface area contributed by atoms with Crippen LogP contribution in [0.3, 0.4) is 0 Å². The predicted octanol–water partition coefficient (Wildman–Crippen LogP) is 0.760. The molecule has 0 bridgehead atoms. The van der Waals surface area contributed by atoms with E-state index in [1.807, 2.05) is 0 Å². The molecule has 0 aromatic carbocycles. The lowest BCUT2D eigenvalue weighted by Crippen LogP contribution is -2.21. The van der Waals surface area contributed by atoms with Crippen molar-refractivity contribution in [2.45, 2.75) is 19.2 Å². The first-order valence-corrected chi connectivity index (χ1v) is 1.71. The van der Waals surface area contributed by atoms with Crippen molar-refractivity contribution in [1.29, 1.82) is 0 Å². The van der Waals surface area contributed by atoms with Crippen LogP contribution < -0.4 is 5.32 Å². The van der Waals surface area contributed by atoms with Crippen molar-refractivity contribution in [2.24, 2.45) is 0 Å². The number of hydrogen-bond donors (Lipinski definition) is 1. The normalized spacial score (nSPS) is 77.3. The summed E-state index contributed by atoms with van der Waals surface area (Å²) in [6, 6.07) is 0. The maximum Gasteiger partial charge on any atom is 0.0428 e. The Morgan fingerprint density at radius 2 is 2.00 bits per heavy atom. The van der Waals surface area contributed by atoms with Gasteiger partial charge in [-0.05, 0) is 25.7 Å². The molecule has 0 spiro atoms. The Morgan fingerprint density at radius 1 is 1.33 bits per heavy atom. The summed E-state index contributed by atoms with van der Waals surface area (Å²) in [5.74, 6) is 0. The van der Waals surface area contributed by atoms with Crippen LogP contribution >= 0.6 is 0 Å². The molecule has 0 atom stereocenters. The number of nitrogens with one attached hydrogen (secondary N) is 1. The summed E-state index contributed by atoms with van der Waals surface area (Å²) in [5.41, 5.74) is 0. The third kappa shape index (κ3) is 0.977. The van der Waals surface area contributed by atoms with Crippen molar-refractivity contribution < 1.29 is 11.0 Å². The molecule has 0 aliphatic carbocycles. The molecule has 1 rings (SSSR count). The Bertz CT molecular complexity index is 196. The van der Waals surface area contributed by atoms with E-state index in [9.17, 15) is 0 Å². The van der Waals surface area contributed by atoms with Gasteiger partial charge in [-0.3, -0.25) is 0 Å². The van der Waals surface area contributed by atoms with Gasteiger partial charge in [0, 0.05) is 11.0 Å². The van der Waals surface area contributed by atoms with E-state index in [0.29, 0.717) is 0 Å². The van der Waals surface area contributed by atoms with Crippen molar-refractivity contribution in [2.75, 3.05) is 13.0 Å². The quantitative estimate of drug-likeness (QED) is 0.466. The highest BCUT2D eigenvalue weighted by molar-refractivity contribution is 4.55. The fourth-order valence-electron chi connectivity index (χ4n) is 0.252. The van der Waals surface area contributed by atoms with Crippen molar-refractivity contribution in [3.05, 3.63) is 0 Å². The molecule has 1 aliphatic rings. The van der Waals surface area contributed by atoms with Gasteiger partial charge in [-0.2, -0.15) is 0 Å². The van der Waals surface area contributed by atoms with Crippen LogP contribution in [0.1, 0.15) is 30.1 Å². The largest absolute Gasteiger partial charge is 0.317 e. The molecule has 1 heteroatoms. The molecule has 1 aliphatic heterocycles. The summed E-state index contributed by atoms with van der Waals surface area (Å²) in [6.07, 6.45) is -5.67. The Hall–Kier alpha value is -0.0400. The van der Waals surface area contributed by atoms with Gasteiger partial charge < -0.3 is 5.32 Å². The van der Waals surface area contributed by atoms with E-state index in [4.69, 9.17) is 11.0 Å². The topological polar surface area (TPSA) is 12.0 Å². The van der Waals surface area contributed by atoms with Crippen LogP contribution in [0.15, 0.2) is 0 Å². The zero-order valence-electron chi connectivity index (χ0n) is 11.2. The summed E-state index contributed by atoms with van der Waals surface area (Å²) in [4.78, 5) is 0. The molecule has 0 aromatic heterocycles. The van der Waals surface area contributed by atoms with Crippen molar-refractivity contribution in [1.82, 2.24) is 5.32 Å². The third-order valence-corrected chi connectivity index (χ3v) is 0.479. The van der Waals surface area contributed by atoms with Gasteiger partial charge in [-0.1, -0.05) is 6.42 Å². The molecule has 36 valence electrons. The molecule has 1 N–H and O–H groups in total. The lowest BCUT2D eigenvalue weighted by Gasteiger charge is -2.08. The SMILES string of the molecule is [2H]C1([2H])CC([2H])([2H])C([2H])([2H])NC1([2H])[2H]. The Kier molecular flexibility index (Phi) is 0.275. The van der Waals surface area contributed by atoms with Gasteiger partial charge >= 0.3 is 0 Å². The van der Waals surface area contributed by atoms with Gasteiger partial charge in [0.15, 0.2) is 0 Å². The first-order chi connectivity index (χ1) is 5.91. The summed E-state index contributed by atoms with van der Waals surface area (Å²) in [5, 5.41) is 1.73. The molecular weight excluding hydrogens is 74.1 g/mol. The van der Waals surface area contributed by atoms with Gasteiger partial charge in [0.25, 0.3) is 0 Å². The van der Waals surface area contributed by atoms with Gasteiger partial charge in [-0.25, -0.2) is 0 Å². The molecule has 0 aromatic rings. The summed E-state index contributed by atoms with van der Waals surface area (Å²) < 4.78 is 58.1. The minimum atomic E-state index is -2.57. The highest BCUT2D eigenvalue weighted by atomic mass is 14.9. The van der Waals surface area contributed by atoms with Crippen LogP contribution in [0.5, 0.6) is 0 Å². The van der Waals surface area contributed by atoms with Gasteiger partial charge in [-0.15, -0.1) is 0 Å². The average molecular weight is 93.2 g/mol. The standard InChI is InChI=1S/C5H11N/c1-2-4-6-5-3-1/h6H,1-5H2/i2D2,3D2,4D2,5D2. The smallest absolute Gasteiger partial charge is 0.0428 e. The van der Waals surface area contributed by atoms with E-state index in [1.165, 1.54) is 0 Å². The first kappa shape index (κ1) is 0.752. The average Bonchev–Trinajstić information content (AvgIpc) is 1.78. The lowest BCUT2D eigenvalue weighted by atomic mass is 10.2. The van der Waals surface area contributed by atoms with Gasteiger partial charge in [0.1, 0.15) is 0 Å². The fraction of sp³-hybridized carbons (Fsp3) is 1.00. The molecule has 1 fully saturated rings. The zero-order chi connectivity index (χ0) is 11.4. The summed E-state index contributed by atoms with van der Waals surface area (Å²) in [6.45, 7) is -5.13. The molecule has 0 amide bonds. The van der Waals surface area contributed by atoms with E-state index in [0.717, 1.165) is 0 Å². The van der Waals surface area contributed by atoms with Crippen LogP contribution in [-0.2, 0) is 0 Å². The molecule has 0 unspecified atom stereocenters. The minimum absolute atomic E-state index is 0.812. The molecule has 1 heterocycles. The van der Waals surface area contributed by atoms with E-state index in [2.05, 4.69) is 0 Å². The van der Waals surface area contributed by atoms with Crippen molar-refractivity contribution in [3.63, 3.8) is 0 Å². The Labute approximate surface area is 50.0 Å². The second-order valence-electron chi connectivity index (χ2n) is 0.905. The predicted molar refractivity (Wildman–Crippen MR) is 26.7 cm³/mol. The van der Waals surface area contributed by atoms with Gasteiger partial charge in [0.2, 0.25) is 0 Å². The molecular formula is C5H11N. The van der Waals surface area contributed by atoms with E-state index in [-0.39, 0.29) is 0 Å². The molecule has 6 heavy (non-hydrogen) atoms. The maximum atomic E-state index is 7.28. The van der Waals surface area contributed by atoms with Crippen LogP contribution in [-0.4, -0.2) is 13.0 Å². The van der Waals surface area contributed by atoms with E-state index in [1.54, 1.807) is 5.32 Å². The van der Waals surface area contributed by atoms with Gasteiger partial charge in [0.05, 0.1) is 0 Å². The fourth-order valence-corrected chi connectivity index (χ4v) is 0.252. The molecule has 0 radical (unpaired) electrons. The van der Waals surface area contributed by atoms with E-state index >= 15 is 0 Å². The second kappa shape index (κ2) is 2.19. The lowest BCUT2D eigenvalue weighted by molar-refractivity contribution is 0.520. The maximum absolute atomic E-state index is 7.28. The van der Waals surface area contributed by atoms with Crippen molar-refractivity contribution in [3.8, 4) is 0 Å². The van der Waals surface area contributed by atoms with Crippen LogP contribution in [0.4, 0.5) is 0 Å². The zero-order valence-corrected chi connectivity index (χ0v) is 3.21.